The Morgan fingerprint density at radius 3 is 2.29 bits per heavy atom. The lowest BCUT2D eigenvalue weighted by atomic mass is 10.0. The molecule has 0 spiro atoms. The maximum Gasteiger partial charge on any atom is 0.238 e. The summed E-state index contributed by atoms with van der Waals surface area (Å²) in [5.74, 6) is 1.39. The molecular weight excluding hydrogens is 416 g/mol. The van der Waals surface area contributed by atoms with Gasteiger partial charge in [0, 0.05) is 28.9 Å². The Morgan fingerprint density at radius 2 is 1.68 bits per heavy atom. The Bertz CT molecular complexity index is 1270. The lowest BCUT2D eigenvalue weighted by molar-refractivity contribution is 0.0987. The third kappa shape index (κ3) is 3.73. The molecule has 7 nitrogen and oxygen atoms in total. The van der Waals surface area contributed by atoms with Crippen molar-refractivity contribution in [3.8, 4) is 28.4 Å². The zero-order valence-electron chi connectivity index (χ0n) is 17.6. The van der Waals surface area contributed by atoms with E-state index in [1.165, 1.54) is 12.1 Å². The number of primary sulfonamides is 1. The number of nitrogens with two attached hydrogens (primary N) is 1. The summed E-state index contributed by atoms with van der Waals surface area (Å²) >= 11 is 0. The summed E-state index contributed by atoms with van der Waals surface area (Å²) in [6.45, 7) is 6.64. The zero-order valence-corrected chi connectivity index (χ0v) is 18.5. The summed E-state index contributed by atoms with van der Waals surface area (Å²) in [5.41, 5.74) is 4.76. The molecule has 2 aromatic carbocycles. The first kappa shape index (κ1) is 21.1. The predicted molar refractivity (Wildman–Crippen MR) is 118 cm³/mol. The normalized spacial score (nSPS) is 13.3. The molecule has 0 unspecified atom stereocenters. The van der Waals surface area contributed by atoms with Crippen molar-refractivity contribution >= 4 is 15.8 Å². The lowest BCUT2D eigenvalue weighted by Crippen LogP contribution is -2.15. The number of carbonyl (C=O) groups excluding carboxylic acids is 1. The monoisotopic (exact) mass is 440 g/mol. The van der Waals surface area contributed by atoms with Crippen LogP contribution in [0.4, 0.5) is 0 Å². The largest absolute Gasteiger partial charge is 0.486 e. The number of rotatable bonds is 5. The van der Waals surface area contributed by atoms with Crippen LogP contribution >= 0.6 is 0 Å². The molecule has 2 N–H and O–H groups in total. The van der Waals surface area contributed by atoms with Crippen LogP contribution in [-0.4, -0.2) is 32.0 Å². The van der Waals surface area contributed by atoms with E-state index >= 15 is 0 Å². The van der Waals surface area contributed by atoms with Crippen LogP contribution in [0, 0.1) is 13.8 Å². The first-order valence-electron chi connectivity index (χ1n) is 10.0. The van der Waals surface area contributed by atoms with Gasteiger partial charge in [0.15, 0.2) is 17.3 Å². The number of hydrogen-bond acceptors (Lipinski definition) is 5. The highest BCUT2D eigenvalue weighted by Gasteiger charge is 2.25. The van der Waals surface area contributed by atoms with E-state index in [0.717, 1.165) is 28.2 Å². The van der Waals surface area contributed by atoms with Crippen LogP contribution in [0.25, 0.3) is 16.9 Å². The van der Waals surface area contributed by atoms with E-state index in [0.29, 0.717) is 36.7 Å². The van der Waals surface area contributed by atoms with E-state index in [4.69, 9.17) is 14.6 Å². The number of aromatic nitrogens is 1. The van der Waals surface area contributed by atoms with Crippen molar-refractivity contribution < 1.29 is 22.7 Å². The van der Waals surface area contributed by atoms with Gasteiger partial charge in [0.05, 0.1) is 10.6 Å². The molecule has 0 saturated heterocycles. The number of ketones is 1. The van der Waals surface area contributed by atoms with Crippen molar-refractivity contribution in [1.82, 2.24) is 4.57 Å². The quantitative estimate of drug-likeness (QED) is 0.609. The molecule has 1 aromatic heterocycles. The Balaban J connectivity index is 1.95. The number of Topliss-reactive ketones (excluding diaryl/α,β-unsaturated/α-hetero) is 1. The topological polar surface area (TPSA) is 101 Å². The minimum absolute atomic E-state index is 0.0310. The Morgan fingerprint density at radius 1 is 1.03 bits per heavy atom. The average molecular weight is 441 g/mol. The number of benzene rings is 2. The van der Waals surface area contributed by atoms with Crippen LogP contribution < -0.4 is 14.6 Å². The van der Waals surface area contributed by atoms with E-state index in [2.05, 4.69) is 0 Å². The smallest absolute Gasteiger partial charge is 0.238 e. The summed E-state index contributed by atoms with van der Waals surface area (Å²) in [6.07, 6.45) is 0.386. The molecule has 1 aliphatic heterocycles. The number of sulfonamides is 1. The van der Waals surface area contributed by atoms with Gasteiger partial charge in [-0.15, -0.1) is 0 Å². The maximum absolute atomic E-state index is 12.7. The van der Waals surface area contributed by atoms with Gasteiger partial charge in [-0.25, -0.2) is 13.6 Å². The second kappa shape index (κ2) is 7.86. The van der Waals surface area contributed by atoms with Crippen LogP contribution in [0.1, 0.15) is 35.0 Å². The molecule has 0 radical (unpaired) electrons. The summed E-state index contributed by atoms with van der Waals surface area (Å²) in [7, 11) is -3.80. The van der Waals surface area contributed by atoms with E-state index in [1.54, 1.807) is 12.1 Å². The Kier molecular flexibility index (Phi) is 5.36. The van der Waals surface area contributed by atoms with Gasteiger partial charge in [-0.2, -0.15) is 0 Å². The highest BCUT2D eigenvalue weighted by atomic mass is 32.2. The molecule has 0 aliphatic carbocycles. The molecular formula is C23H24N2O5S. The van der Waals surface area contributed by atoms with Gasteiger partial charge in [-0.1, -0.05) is 6.92 Å². The number of carbonyl (C=O) groups is 1. The zero-order chi connectivity index (χ0) is 22.3. The molecule has 0 amide bonds. The van der Waals surface area contributed by atoms with Crippen molar-refractivity contribution in [3.05, 3.63) is 59.3 Å². The number of fused-ring (bicyclic) bond motifs is 1. The third-order valence-electron chi connectivity index (χ3n) is 5.49. The van der Waals surface area contributed by atoms with Gasteiger partial charge in [-0.3, -0.25) is 4.79 Å². The summed E-state index contributed by atoms with van der Waals surface area (Å²) in [5, 5.41) is 5.24. The fourth-order valence-corrected chi connectivity index (χ4v) is 4.58. The first-order chi connectivity index (χ1) is 14.7. The fraction of sp³-hybridized carbons (Fsp3) is 0.261. The van der Waals surface area contributed by atoms with Crippen molar-refractivity contribution in [2.45, 2.75) is 32.1 Å². The van der Waals surface area contributed by atoms with Crippen molar-refractivity contribution in [2.75, 3.05) is 13.2 Å². The third-order valence-corrected chi connectivity index (χ3v) is 6.42. The summed E-state index contributed by atoms with van der Waals surface area (Å²) in [4.78, 5) is 12.8. The maximum atomic E-state index is 12.7. The van der Waals surface area contributed by atoms with Gasteiger partial charge in [0.2, 0.25) is 10.0 Å². The van der Waals surface area contributed by atoms with E-state index in [9.17, 15) is 13.2 Å². The molecule has 2 heterocycles. The molecule has 0 saturated carbocycles. The van der Waals surface area contributed by atoms with Crippen LogP contribution in [0.2, 0.25) is 0 Å². The van der Waals surface area contributed by atoms with Crippen molar-refractivity contribution in [3.63, 3.8) is 0 Å². The van der Waals surface area contributed by atoms with E-state index in [1.807, 2.05) is 43.5 Å². The van der Waals surface area contributed by atoms with Crippen LogP contribution in [-0.2, 0) is 10.0 Å². The van der Waals surface area contributed by atoms with Gasteiger partial charge in [0.25, 0.3) is 0 Å². The minimum atomic E-state index is -3.80. The van der Waals surface area contributed by atoms with Crippen molar-refractivity contribution in [1.29, 1.82) is 0 Å². The molecule has 0 fully saturated rings. The van der Waals surface area contributed by atoms with Crippen LogP contribution in [0.5, 0.6) is 11.5 Å². The first-order valence-corrected chi connectivity index (χ1v) is 11.6. The SMILES string of the molecule is CCC(=O)c1c(C)c(-c2ccc3c(c2)OCCO3)n(-c2ccc(S(N)(=O)=O)cc2)c1C. The molecule has 3 aromatic rings. The average Bonchev–Trinajstić information content (AvgIpc) is 3.02. The molecule has 162 valence electrons. The van der Waals surface area contributed by atoms with Crippen LogP contribution in [0.3, 0.4) is 0 Å². The molecule has 0 bridgehead atoms. The highest BCUT2D eigenvalue weighted by Crippen LogP contribution is 2.39. The van der Waals surface area contributed by atoms with E-state index < -0.39 is 10.0 Å². The van der Waals surface area contributed by atoms with E-state index in [-0.39, 0.29) is 10.7 Å². The lowest BCUT2D eigenvalue weighted by Gasteiger charge is -2.20. The Hall–Kier alpha value is -3.10. The van der Waals surface area contributed by atoms with Crippen LogP contribution in [0.15, 0.2) is 47.4 Å². The van der Waals surface area contributed by atoms with Gasteiger partial charge < -0.3 is 14.0 Å². The predicted octanol–water partition coefficient (Wildman–Crippen LogP) is 3.77. The number of ether oxygens (including phenoxy) is 2. The second-order valence-corrected chi connectivity index (χ2v) is 9.00. The fourth-order valence-electron chi connectivity index (χ4n) is 4.07. The number of hydrogen-bond donors (Lipinski definition) is 1. The minimum Gasteiger partial charge on any atom is -0.486 e. The standard InChI is InChI=1S/C23H24N2O5S/c1-4-19(26)22-14(2)23(16-5-10-20-21(13-16)30-12-11-29-20)25(15(22)3)17-6-8-18(9-7-17)31(24,27)28/h5-10,13H,4,11-12H2,1-3H3,(H2,24,27,28). The summed E-state index contributed by atoms with van der Waals surface area (Å²) in [6, 6.07) is 12.0. The van der Waals surface area contributed by atoms with Gasteiger partial charge in [0.1, 0.15) is 13.2 Å². The molecule has 4 rings (SSSR count). The van der Waals surface area contributed by atoms with Gasteiger partial charge in [-0.05, 0) is 61.9 Å². The second-order valence-electron chi connectivity index (χ2n) is 7.44. The molecule has 1 aliphatic rings. The molecule has 8 heteroatoms. The molecule has 31 heavy (non-hydrogen) atoms. The summed E-state index contributed by atoms with van der Waals surface area (Å²) < 4.78 is 36.7. The Labute approximate surface area is 181 Å². The van der Waals surface area contributed by atoms with Gasteiger partial charge >= 0.3 is 0 Å². The molecule has 0 atom stereocenters. The number of nitrogens with zero attached hydrogens (tertiary/aromatic N) is 1. The highest BCUT2D eigenvalue weighted by molar-refractivity contribution is 7.89. The van der Waals surface area contributed by atoms with Crippen molar-refractivity contribution in [2.24, 2.45) is 5.14 Å².